The number of thiazole rings is 1. The van der Waals surface area contributed by atoms with Gasteiger partial charge in [-0.25, -0.2) is 4.98 Å². The van der Waals surface area contributed by atoms with Gasteiger partial charge in [0, 0.05) is 18.1 Å². The average molecular weight is 383 g/mol. The van der Waals surface area contributed by atoms with Crippen LogP contribution in [0.3, 0.4) is 0 Å². The molecular formula is C19H17N3O2S2. The van der Waals surface area contributed by atoms with Crippen molar-refractivity contribution in [3.63, 3.8) is 0 Å². The van der Waals surface area contributed by atoms with E-state index in [4.69, 9.17) is 4.74 Å². The van der Waals surface area contributed by atoms with Gasteiger partial charge in [0.2, 0.25) is 0 Å². The number of hydrogen-bond donors (Lipinski definition) is 0. The quantitative estimate of drug-likeness (QED) is 0.520. The van der Waals surface area contributed by atoms with Gasteiger partial charge < -0.3 is 9.64 Å². The van der Waals surface area contributed by atoms with Gasteiger partial charge in [0.1, 0.15) is 10.6 Å². The number of likely N-dealkylation sites (tertiary alicyclic amines) is 1. The molecule has 4 aromatic rings. The van der Waals surface area contributed by atoms with E-state index in [1.807, 2.05) is 40.7 Å². The van der Waals surface area contributed by atoms with Gasteiger partial charge in [-0.05, 0) is 36.6 Å². The van der Waals surface area contributed by atoms with Gasteiger partial charge in [-0.2, -0.15) is 0 Å². The molecule has 1 amide bonds. The number of ether oxygens (including phenoxy) is 1. The Labute approximate surface area is 158 Å². The molecule has 0 radical (unpaired) electrons. The van der Waals surface area contributed by atoms with Crippen LogP contribution in [0.5, 0.6) is 5.75 Å². The van der Waals surface area contributed by atoms with Crippen molar-refractivity contribution in [2.24, 2.45) is 0 Å². The summed E-state index contributed by atoms with van der Waals surface area (Å²) in [5, 5.41) is 2.01. The fourth-order valence-electron chi connectivity index (χ4n) is 3.70. The van der Waals surface area contributed by atoms with Crippen LogP contribution in [-0.4, -0.2) is 33.8 Å². The monoisotopic (exact) mass is 383 g/mol. The van der Waals surface area contributed by atoms with E-state index in [0.29, 0.717) is 0 Å². The largest absolute Gasteiger partial charge is 0.497 e. The molecule has 1 unspecified atom stereocenters. The van der Waals surface area contributed by atoms with Crippen molar-refractivity contribution in [1.82, 2.24) is 14.3 Å². The van der Waals surface area contributed by atoms with E-state index in [1.165, 1.54) is 11.3 Å². The van der Waals surface area contributed by atoms with Crippen molar-refractivity contribution in [2.45, 2.75) is 18.9 Å². The lowest BCUT2D eigenvalue weighted by molar-refractivity contribution is 0.0740. The number of imidazole rings is 1. The number of aromatic nitrogens is 2. The molecule has 26 heavy (non-hydrogen) atoms. The van der Waals surface area contributed by atoms with Gasteiger partial charge in [-0.3, -0.25) is 9.20 Å². The first-order valence-corrected chi connectivity index (χ1v) is 10.2. The highest BCUT2D eigenvalue weighted by Gasteiger charge is 2.32. The first-order chi connectivity index (χ1) is 12.7. The summed E-state index contributed by atoms with van der Waals surface area (Å²) in [6, 6.07) is 10.1. The molecule has 0 N–H and O–H groups in total. The number of amides is 1. The molecule has 0 spiro atoms. The maximum Gasteiger partial charge on any atom is 0.264 e. The van der Waals surface area contributed by atoms with Gasteiger partial charge in [0.05, 0.1) is 23.5 Å². The molecule has 1 aliphatic heterocycles. The van der Waals surface area contributed by atoms with Gasteiger partial charge in [0.25, 0.3) is 5.91 Å². The minimum absolute atomic E-state index is 0.0994. The predicted octanol–water partition coefficient (Wildman–Crippen LogP) is 4.60. The van der Waals surface area contributed by atoms with Gasteiger partial charge in [-0.1, -0.05) is 12.1 Å². The lowest BCUT2D eigenvalue weighted by atomic mass is 10.0. The summed E-state index contributed by atoms with van der Waals surface area (Å²) in [4.78, 5) is 22.5. The summed E-state index contributed by atoms with van der Waals surface area (Å²) >= 11 is 3.10. The number of methoxy groups -OCH3 is 1. The first kappa shape index (κ1) is 15.8. The highest BCUT2D eigenvalue weighted by molar-refractivity contribution is 7.21. The Bertz CT molecular complexity index is 1110. The second kappa shape index (κ2) is 6.10. The Hall–Kier alpha value is -2.38. The van der Waals surface area contributed by atoms with Crippen molar-refractivity contribution in [3.8, 4) is 5.75 Å². The molecule has 0 aliphatic carbocycles. The number of fused-ring (bicyclic) bond motifs is 3. The van der Waals surface area contributed by atoms with Crippen LogP contribution in [0, 0.1) is 0 Å². The molecule has 7 heteroatoms. The van der Waals surface area contributed by atoms with E-state index in [0.717, 1.165) is 50.9 Å². The number of carbonyl (C=O) groups excluding carboxylic acids is 1. The van der Waals surface area contributed by atoms with Crippen LogP contribution in [-0.2, 0) is 0 Å². The molecule has 3 aromatic heterocycles. The van der Waals surface area contributed by atoms with Crippen molar-refractivity contribution >= 4 is 43.9 Å². The summed E-state index contributed by atoms with van der Waals surface area (Å²) in [7, 11) is 1.67. The number of rotatable bonds is 3. The van der Waals surface area contributed by atoms with Crippen LogP contribution in [0.1, 0.15) is 34.1 Å². The van der Waals surface area contributed by atoms with E-state index in [-0.39, 0.29) is 11.9 Å². The molecule has 0 bridgehead atoms. The highest BCUT2D eigenvalue weighted by atomic mass is 32.1. The second-order valence-corrected chi connectivity index (χ2v) is 8.31. The Kier molecular flexibility index (Phi) is 3.72. The Morgan fingerprint density at radius 3 is 3.15 bits per heavy atom. The molecule has 1 saturated heterocycles. The number of thiophene rings is 1. The van der Waals surface area contributed by atoms with Crippen LogP contribution < -0.4 is 4.74 Å². The Morgan fingerprint density at radius 2 is 2.27 bits per heavy atom. The molecule has 1 atom stereocenters. The fraction of sp³-hybridized carbons (Fsp3) is 0.263. The molecule has 1 aromatic carbocycles. The summed E-state index contributed by atoms with van der Waals surface area (Å²) in [5.41, 5.74) is 2.16. The maximum absolute atomic E-state index is 13.2. The summed E-state index contributed by atoms with van der Waals surface area (Å²) in [5.74, 6) is 0.930. The molecular weight excluding hydrogens is 366 g/mol. The maximum atomic E-state index is 13.2. The summed E-state index contributed by atoms with van der Waals surface area (Å²) in [6.45, 7) is 0.789. The fourth-order valence-corrected chi connectivity index (χ4v) is 5.46. The van der Waals surface area contributed by atoms with Crippen LogP contribution in [0.25, 0.3) is 15.3 Å². The number of carbonyl (C=O) groups is 1. The number of nitrogens with zero attached hydrogens (tertiary/aromatic N) is 3. The van der Waals surface area contributed by atoms with E-state index >= 15 is 0 Å². The third kappa shape index (κ3) is 2.42. The standard InChI is InChI=1S/C19H17N3O2S2/c1-24-13-5-2-4-12(10-13)14-6-3-7-21(14)18(23)16-11-15-17(26-16)20-19-22(15)8-9-25-19/h2,4-5,8-11,14H,3,6-7H2,1H3. The number of hydrogen-bond acceptors (Lipinski definition) is 5. The van der Waals surface area contributed by atoms with Crippen molar-refractivity contribution in [2.75, 3.05) is 13.7 Å². The van der Waals surface area contributed by atoms with Crippen LogP contribution in [0.4, 0.5) is 0 Å². The van der Waals surface area contributed by atoms with Crippen LogP contribution >= 0.6 is 22.7 Å². The SMILES string of the molecule is COc1cccc(C2CCCN2C(=O)c2cc3c(nc4sccn43)s2)c1. The van der Waals surface area contributed by atoms with E-state index in [1.54, 1.807) is 18.4 Å². The topological polar surface area (TPSA) is 46.8 Å². The van der Waals surface area contributed by atoms with Crippen molar-refractivity contribution in [1.29, 1.82) is 0 Å². The molecule has 5 nitrogen and oxygen atoms in total. The Balaban J connectivity index is 1.49. The average Bonchev–Trinajstić information content (AvgIpc) is 3.42. The minimum Gasteiger partial charge on any atom is -0.497 e. The van der Waals surface area contributed by atoms with E-state index in [9.17, 15) is 4.79 Å². The third-order valence-corrected chi connectivity index (χ3v) is 6.71. The predicted molar refractivity (Wildman–Crippen MR) is 104 cm³/mol. The molecule has 0 saturated carbocycles. The van der Waals surface area contributed by atoms with Gasteiger partial charge >= 0.3 is 0 Å². The van der Waals surface area contributed by atoms with Crippen molar-refractivity contribution in [3.05, 3.63) is 52.3 Å². The zero-order valence-electron chi connectivity index (χ0n) is 14.2. The molecule has 132 valence electrons. The molecule has 4 heterocycles. The lowest BCUT2D eigenvalue weighted by Crippen LogP contribution is -2.29. The van der Waals surface area contributed by atoms with Gasteiger partial charge in [-0.15, -0.1) is 22.7 Å². The third-order valence-electron chi connectivity index (χ3n) is 4.94. The number of benzene rings is 1. The normalized spacial score (nSPS) is 17.4. The van der Waals surface area contributed by atoms with Crippen molar-refractivity contribution < 1.29 is 9.53 Å². The lowest BCUT2D eigenvalue weighted by Gasteiger charge is -2.24. The second-order valence-electron chi connectivity index (χ2n) is 6.40. The zero-order valence-corrected chi connectivity index (χ0v) is 15.8. The summed E-state index contributed by atoms with van der Waals surface area (Å²) < 4.78 is 7.40. The van der Waals surface area contributed by atoms with E-state index < -0.39 is 0 Å². The van der Waals surface area contributed by atoms with Crippen LogP contribution in [0.15, 0.2) is 41.9 Å². The van der Waals surface area contributed by atoms with Gasteiger partial charge in [0.15, 0.2) is 4.96 Å². The molecule has 1 fully saturated rings. The highest BCUT2D eigenvalue weighted by Crippen LogP contribution is 2.36. The Morgan fingerprint density at radius 1 is 1.35 bits per heavy atom. The van der Waals surface area contributed by atoms with Crippen LogP contribution in [0.2, 0.25) is 0 Å². The first-order valence-electron chi connectivity index (χ1n) is 8.54. The summed E-state index contributed by atoms with van der Waals surface area (Å²) in [6.07, 6.45) is 4.01. The van der Waals surface area contributed by atoms with E-state index in [2.05, 4.69) is 15.5 Å². The minimum atomic E-state index is 0.0994. The molecule has 5 rings (SSSR count). The molecule has 1 aliphatic rings. The zero-order chi connectivity index (χ0) is 17.7. The smallest absolute Gasteiger partial charge is 0.264 e.